The van der Waals surface area contributed by atoms with E-state index in [9.17, 15) is 4.79 Å². The predicted octanol–water partition coefficient (Wildman–Crippen LogP) is 3.78. The largest absolute Gasteiger partial charge is 0.489 e. The summed E-state index contributed by atoms with van der Waals surface area (Å²) in [7, 11) is 0. The topological polar surface area (TPSA) is 81.9 Å². The summed E-state index contributed by atoms with van der Waals surface area (Å²) in [6, 6.07) is 18.2. The number of carbonyl (C=O) groups excluding carboxylic acids is 1. The van der Waals surface area contributed by atoms with Crippen LogP contribution in [0.5, 0.6) is 5.75 Å². The smallest absolute Gasteiger partial charge is 0.230 e. The summed E-state index contributed by atoms with van der Waals surface area (Å²) in [4.78, 5) is 12.4. The van der Waals surface area contributed by atoms with Crippen LogP contribution >= 0.6 is 11.8 Å². The summed E-state index contributed by atoms with van der Waals surface area (Å²) in [5, 5.41) is 15.7. The van der Waals surface area contributed by atoms with E-state index in [4.69, 9.17) is 4.74 Å². The zero-order chi connectivity index (χ0) is 20.6. The molecule has 156 valence electrons. The van der Waals surface area contributed by atoms with Crippen molar-refractivity contribution in [3.05, 3.63) is 65.7 Å². The van der Waals surface area contributed by atoms with Crippen molar-refractivity contribution in [2.45, 2.75) is 50.0 Å². The molecule has 0 saturated heterocycles. The molecule has 0 aliphatic heterocycles. The molecule has 0 radical (unpaired) electrons. The fraction of sp³-hybridized carbons (Fsp3) is 0.364. The van der Waals surface area contributed by atoms with Gasteiger partial charge in [-0.2, -0.15) is 0 Å². The lowest BCUT2D eigenvalue weighted by molar-refractivity contribution is -0.118. The average Bonchev–Trinajstić information content (AvgIpc) is 3.47. The van der Waals surface area contributed by atoms with Crippen LogP contribution in [0.15, 0.2) is 59.8 Å². The predicted molar refractivity (Wildman–Crippen MR) is 115 cm³/mol. The molecule has 7 nitrogen and oxygen atoms in total. The number of hydrogen-bond acceptors (Lipinski definition) is 6. The number of amides is 1. The highest BCUT2D eigenvalue weighted by molar-refractivity contribution is 7.99. The van der Waals surface area contributed by atoms with Crippen LogP contribution in [0.3, 0.4) is 0 Å². The lowest BCUT2D eigenvalue weighted by Gasteiger charge is -2.13. The van der Waals surface area contributed by atoms with Crippen molar-refractivity contribution in [2.75, 3.05) is 5.75 Å². The number of thioether (sulfide) groups is 1. The maximum Gasteiger partial charge on any atom is 0.230 e. The van der Waals surface area contributed by atoms with E-state index in [1.165, 1.54) is 24.6 Å². The van der Waals surface area contributed by atoms with Gasteiger partial charge in [-0.1, -0.05) is 73.1 Å². The summed E-state index contributed by atoms with van der Waals surface area (Å²) < 4.78 is 7.83. The van der Waals surface area contributed by atoms with Gasteiger partial charge in [0.1, 0.15) is 12.4 Å². The molecule has 1 aliphatic carbocycles. The first-order chi connectivity index (χ1) is 14.8. The normalized spacial score (nSPS) is 14.0. The molecule has 0 spiro atoms. The minimum absolute atomic E-state index is 0.0566. The molecular formula is C22H25N5O2S. The molecule has 30 heavy (non-hydrogen) atoms. The monoisotopic (exact) mass is 423 g/mol. The molecule has 3 aromatic rings. The van der Waals surface area contributed by atoms with Gasteiger partial charge in [-0.3, -0.25) is 4.79 Å². The van der Waals surface area contributed by atoms with Crippen molar-refractivity contribution in [2.24, 2.45) is 0 Å². The lowest BCUT2D eigenvalue weighted by Crippen LogP contribution is -2.25. The summed E-state index contributed by atoms with van der Waals surface area (Å²) >= 11 is 1.38. The first-order valence-electron chi connectivity index (χ1n) is 10.2. The van der Waals surface area contributed by atoms with E-state index in [1.807, 2.05) is 59.3 Å². The Labute approximate surface area is 180 Å². The molecule has 0 atom stereocenters. The number of aromatic nitrogens is 4. The minimum Gasteiger partial charge on any atom is -0.489 e. The van der Waals surface area contributed by atoms with Crippen LogP contribution in [0.1, 0.15) is 42.9 Å². The molecule has 1 saturated carbocycles. The SMILES string of the molecule is O=C(CSc1nnnn1C1CCCC1)NCc1ccccc1OCc1ccccc1. The zero-order valence-corrected chi connectivity index (χ0v) is 17.6. The van der Waals surface area contributed by atoms with Crippen LogP contribution in [-0.2, 0) is 17.9 Å². The molecular weight excluding hydrogens is 398 g/mol. The first kappa shape index (κ1) is 20.4. The molecule has 1 aliphatic rings. The van der Waals surface area contributed by atoms with Crippen molar-refractivity contribution in [3.8, 4) is 5.75 Å². The Balaban J connectivity index is 1.28. The highest BCUT2D eigenvalue weighted by Gasteiger charge is 2.22. The van der Waals surface area contributed by atoms with Crippen molar-refractivity contribution in [1.29, 1.82) is 0 Å². The van der Waals surface area contributed by atoms with Crippen molar-refractivity contribution >= 4 is 17.7 Å². The number of tetrazole rings is 1. The van der Waals surface area contributed by atoms with Crippen LogP contribution in [0.4, 0.5) is 0 Å². The Hall–Kier alpha value is -2.87. The van der Waals surface area contributed by atoms with Crippen LogP contribution in [0.2, 0.25) is 0 Å². The van der Waals surface area contributed by atoms with Crippen LogP contribution < -0.4 is 10.1 Å². The van der Waals surface area contributed by atoms with Gasteiger partial charge in [0, 0.05) is 12.1 Å². The Morgan fingerprint density at radius 3 is 2.70 bits per heavy atom. The van der Waals surface area contributed by atoms with Crippen molar-refractivity contribution in [3.63, 3.8) is 0 Å². The van der Waals surface area contributed by atoms with Gasteiger partial charge in [-0.25, -0.2) is 4.68 Å². The quantitative estimate of drug-likeness (QED) is 0.528. The van der Waals surface area contributed by atoms with Gasteiger partial charge in [-0.15, -0.1) is 5.10 Å². The number of benzene rings is 2. The minimum atomic E-state index is -0.0566. The molecule has 8 heteroatoms. The number of rotatable bonds is 9. The van der Waals surface area contributed by atoms with Gasteiger partial charge in [0.2, 0.25) is 11.1 Å². The van der Waals surface area contributed by atoms with E-state index in [2.05, 4.69) is 20.8 Å². The molecule has 4 rings (SSSR count). The summed E-state index contributed by atoms with van der Waals surface area (Å²) in [5.74, 6) is 0.999. The Morgan fingerprint density at radius 2 is 1.87 bits per heavy atom. The molecule has 1 heterocycles. The van der Waals surface area contributed by atoms with Crippen molar-refractivity contribution in [1.82, 2.24) is 25.5 Å². The van der Waals surface area contributed by atoms with Crippen LogP contribution in [-0.4, -0.2) is 31.9 Å². The fourth-order valence-corrected chi connectivity index (χ4v) is 4.33. The van der Waals surface area contributed by atoms with E-state index < -0.39 is 0 Å². The second-order valence-electron chi connectivity index (χ2n) is 7.29. The van der Waals surface area contributed by atoms with Crippen molar-refractivity contribution < 1.29 is 9.53 Å². The van der Waals surface area contributed by atoms with Gasteiger partial charge >= 0.3 is 0 Å². The summed E-state index contributed by atoms with van der Waals surface area (Å²) in [5.41, 5.74) is 2.05. The second kappa shape index (κ2) is 10.2. The van der Waals surface area contributed by atoms with E-state index >= 15 is 0 Å². The third-order valence-electron chi connectivity index (χ3n) is 5.15. The zero-order valence-electron chi connectivity index (χ0n) is 16.7. The number of nitrogens with one attached hydrogen (secondary N) is 1. The average molecular weight is 424 g/mol. The van der Waals surface area contributed by atoms with Gasteiger partial charge in [0.25, 0.3) is 0 Å². The molecule has 1 amide bonds. The number of nitrogens with zero attached hydrogens (tertiary/aromatic N) is 4. The maximum absolute atomic E-state index is 12.4. The van der Waals surface area contributed by atoms with Crippen LogP contribution in [0.25, 0.3) is 0 Å². The third kappa shape index (κ3) is 5.38. The maximum atomic E-state index is 12.4. The van der Waals surface area contributed by atoms with Gasteiger partial charge in [-0.05, 0) is 34.9 Å². The molecule has 1 aromatic heterocycles. The highest BCUT2D eigenvalue weighted by Crippen LogP contribution is 2.31. The second-order valence-corrected chi connectivity index (χ2v) is 8.23. The number of para-hydroxylation sites is 1. The van der Waals surface area contributed by atoms with E-state index in [0.717, 1.165) is 29.7 Å². The standard InChI is InChI=1S/C22H25N5O2S/c28-21(16-30-22-24-25-26-27(22)19-11-5-6-12-19)23-14-18-10-4-7-13-20(18)29-15-17-8-2-1-3-9-17/h1-4,7-10,13,19H,5-6,11-12,14-16H2,(H,23,28). The number of hydrogen-bond donors (Lipinski definition) is 1. The Kier molecular flexibility index (Phi) is 6.97. The molecule has 0 bridgehead atoms. The molecule has 1 N–H and O–H groups in total. The van der Waals surface area contributed by atoms with E-state index in [0.29, 0.717) is 24.3 Å². The Bertz CT molecular complexity index is 957. The first-order valence-corrected chi connectivity index (χ1v) is 11.2. The molecule has 2 aromatic carbocycles. The van der Waals surface area contributed by atoms with Gasteiger partial charge in [0.05, 0.1) is 11.8 Å². The fourth-order valence-electron chi connectivity index (χ4n) is 3.56. The summed E-state index contributed by atoms with van der Waals surface area (Å²) in [6.07, 6.45) is 4.62. The Morgan fingerprint density at radius 1 is 1.10 bits per heavy atom. The molecule has 1 fully saturated rings. The number of ether oxygens (including phenoxy) is 1. The van der Waals surface area contributed by atoms with Crippen LogP contribution in [0, 0.1) is 0 Å². The lowest BCUT2D eigenvalue weighted by atomic mass is 10.2. The van der Waals surface area contributed by atoms with E-state index in [-0.39, 0.29) is 11.7 Å². The van der Waals surface area contributed by atoms with E-state index in [1.54, 1.807) is 0 Å². The highest BCUT2D eigenvalue weighted by atomic mass is 32.2. The third-order valence-corrected chi connectivity index (χ3v) is 6.08. The summed E-state index contributed by atoms with van der Waals surface area (Å²) in [6.45, 7) is 0.906. The number of carbonyl (C=O) groups is 1. The van der Waals surface area contributed by atoms with Gasteiger partial charge in [0.15, 0.2) is 0 Å². The molecule has 0 unspecified atom stereocenters. The van der Waals surface area contributed by atoms with Gasteiger partial charge < -0.3 is 10.1 Å².